The predicted octanol–water partition coefficient (Wildman–Crippen LogP) is 3.72. The van der Waals surface area contributed by atoms with Crippen molar-refractivity contribution in [2.24, 2.45) is 5.73 Å². The number of hydrogen-bond donors (Lipinski definition) is 2. The average Bonchev–Trinajstić information content (AvgIpc) is 3.43. The van der Waals surface area contributed by atoms with Crippen LogP contribution in [-0.4, -0.2) is 61.7 Å². The number of nitrogens with one attached hydrogen (secondary N) is 1. The van der Waals surface area contributed by atoms with Gasteiger partial charge >= 0.3 is 6.18 Å². The van der Waals surface area contributed by atoms with Gasteiger partial charge in [-0.15, -0.1) is 10.2 Å². The van der Waals surface area contributed by atoms with E-state index in [0.717, 1.165) is 5.39 Å². The lowest BCUT2D eigenvalue weighted by Crippen LogP contribution is -2.38. The van der Waals surface area contributed by atoms with Crippen LogP contribution >= 0.6 is 0 Å². The lowest BCUT2D eigenvalue weighted by molar-refractivity contribution is -0.183. The molecule has 1 saturated heterocycles. The van der Waals surface area contributed by atoms with Gasteiger partial charge in [0.15, 0.2) is 11.5 Å². The van der Waals surface area contributed by atoms with Gasteiger partial charge < -0.3 is 11.1 Å². The molecule has 1 aromatic carbocycles. The first kappa shape index (κ1) is 24.1. The number of fused-ring (bicyclic) bond motifs is 2. The van der Waals surface area contributed by atoms with Crippen molar-refractivity contribution >= 4 is 22.5 Å². The first-order valence-corrected chi connectivity index (χ1v) is 11.7. The minimum absolute atomic E-state index is 0.0131. The molecule has 0 aliphatic carbocycles. The summed E-state index contributed by atoms with van der Waals surface area (Å²) in [6.45, 7) is 4.20. The number of benzene rings is 1. The van der Waals surface area contributed by atoms with Gasteiger partial charge in [-0.1, -0.05) is 18.2 Å². The van der Waals surface area contributed by atoms with Crippen molar-refractivity contribution in [3.63, 3.8) is 0 Å². The van der Waals surface area contributed by atoms with Crippen molar-refractivity contribution < 1.29 is 18.0 Å². The summed E-state index contributed by atoms with van der Waals surface area (Å²) in [4.78, 5) is 18.4. The van der Waals surface area contributed by atoms with Crippen molar-refractivity contribution in [3.05, 3.63) is 59.8 Å². The molecule has 1 aliphatic rings. The molecule has 0 saturated carbocycles. The Labute approximate surface area is 205 Å². The second-order valence-corrected chi connectivity index (χ2v) is 9.43. The van der Waals surface area contributed by atoms with Gasteiger partial charge in [-0.05, 0) is 50.1 Å². The van der Waals surface area contributed by atoms with E-state index in [1.165, 1.54) is 27.6 Å². The fraction of sp³-hybridized carbons (Fsp3) is 0.360. The molecule has 2 atom stereocenters. The molecule has 1 fully saturated rings. The van der Waals surface area contributed by atoms with Gasteiger partial charge in [-0.2, -0.15) is 13.2 Å². The smallest absolute Gasteiger partial charge is 0.350 e. The lowest BCUT2D eigenvalue weighted by Gasteiger charge is -2.30. The van der Waals surface area contributed by atoms with E-state index in [-0.39, 0.29) is 36.6 Å². The van der Waals surface area contributed by atoms with Crippen molar-refractivity contribution in [2.75, 3.05) is 13.1 Å². The third-order valence-electron chi connectivity index (χ3n) is 6.28. The molecular weight excluding hydrogens is 471 g/mol. The van der Waals surface area contributed by atoms with Crippen LogP contribution in [0, 0.1) is 0 Å². The standard InChI is InChI=1S/C25H26F3N7O/c1-14(2)30-24(36)16-4-3-15-5-7-19(31-20(15)11-16)23-33-32-21-8-6-17(12-35(21)23)22(25(26,27)28)34-10-9-18(29)13-34/h3-8,11-12,14,18,22H,9-10,13,29H2,1-2H3,(H,30,36)/t18-,22-/m1/s1. The number of hydrogen-bond acceptors (Lipinski definition) is 6. The van der Waals surface area contributed by atoms with Crippen LogP contribution in [0.3, 0.4) is 0 Å². The maximum Gasteiger partial charge on any atom is 0.408 e. The van der Waals surface area contributed by atoms with E-state index in [1.54, 1.807) is 24.3 Å². The van der Waals surface area contributed by atoms with Gasteiger partial charge in [0.25, 0.3) is 5.91 Å². The molecule has 5 rings (SSSR count). The Hall–Kier alpha value is -3.57. The van der Waals surface area contributed by atoms with Crippen LogP contribution < -0.4 is 11.1 Å². The lowest BCUT2D eigenvalue weighted by atomic mass is 10.1. The Bertz CT molecular complexity index is 1430. The molecule has 0 radical (unpaired) electrons. The zero-order valence-electron chi connectivity index (χ0n) is 19.8. The van der Waals surface area contributed by atoms with Gasteiger partial charge in [-0.25, -0.2) is 4.98 Å². The molecule has 0 unspecified atom stereocenters. The van der Waals surface area contributed by atoms with E-state index in [1.807, 2.05) is 19.9 Å². The van der Waals surface area contributed by atoms with Gasteiger partial charge in [-0.3, -0.25) is 14.1 Å². The minimum Gasteiger partial charge on any atom is -0.350 e. The fourth-order valence-electron chi connectivity index (χ4n) is 4.63. The van der Waals surface area contributed by atoms with Crippen molar-refractivity contribution in [2.45, 2.75) is 44.6 Å². The predicted molar refractivity (Wildman–Crippen MR) is 129 cm³/mol. The number of alkyl halides is 3. The molecule has 0 bridgehead atoms. The largest absolute Gasteiger partial charge is 0.408 e. The summed E-state index contributed by atoms with van der Waals surface area (Å²) in [6.07, 6.45) is -2.53. The van der Waals surface area contributed by atoms with Crippen LogP contribution in [0.25, 0.3) is 28.1 Å². The number of nitrogens with zero attached hydrogens (tertiary/aromatic N) is 5. The van der Waals surface area contributed by atoms with E-state index in [9.17, 15) is 18.0 Å². The number of rotatable bonds is 5. The highest BCUT2D eigenvalue weighted by molar-refractivity contribution is 5.98. The molecule has 1 aliphatic heterocycles. The van der Waals surface area contributed by atoms with Crippen molar-refractivity contribution in [1.29, 1.82) is 0 Å². The summed E-state index contributed by atoms with van der Waals surface area (Å²) in [5, 5.41) is 12.0. The fourth-order valence-corrected chi connectivity index (χ4v) is 4.63. The molecule has 188 valence electrons. The van der Waals surface area contributed by atoms with Gasteiger partial charge in [0, 0.05) is 42.3 Å². The number of likely N-dealkylation sites (tertiary alicyclic amines) is 1. The molecular formula is C25H26F3N7O. The summed E-state index contributed by atoms with van der Waals surface area (Å²) in [6, 6.07) is 9.66. The Morgan fingerprint density at radius 2 is 1.92 bits per heavy atom. The number of nitrogens with two attached hydrogens (primary N) is 1. The maximum atomic E-state index is 14.1. The molecule has 11 heteroatoms. The molecule has 1 amide bonds. The topological polar surface area (TPSA) is 101 Å². The summed E-state index contributed by atoms with van der Waals surface area (Å²) >= 11 is 0. The van der Waals surface area contributed by atoms with E-state index in [0.29, 0.717) is 34.7 Å². The van der Waals surface area contributed by atoms with Gasteiger partial charge in [0.2, 0.25) is 0 Å². The quantitative estimate of drug-likeness (QED) is 0.436. The first-order chi connectivity index (χ1) is 17.1. The monoisotopic (exact) mass is 497 g/mol. The van der Waals surface area contributed by atoms with Crippen LogP contribution in [-0.2, 0) is 0 Å². The maximum absolute atomic E-state index is 14.1. The van der Waals surface area contributed by atoms with E-state index < -0.39 is 12.2 Å². The minimum atomic E-state index is -4.47. The molecule has 36 heavy (non-hydrogen) atoms. The van der Waals surface area contributed by atoms with Gasteiger partial charge in [0.05, 0.1) is 5.52 Å². The highest BCUT2D eigenvalue weighted by Crippen LogP contribution is 2.39. The third kappa shape index (κ3) is 4.63. The SMILES string of the molecule is CC(C)NC(=O)c1ccc2ccc(-c3nnc4ccc([C@@H](N5CC[C@@H](N)C5)C(F)(F)F)cn34)nc2c1. The second-order valence-electron chi connectivity index (χ2n) is 9.43. The number of amides is 1. The zero-order valence-corrected chi connectivity index (χ0v) is 19.8. The van der Waals surface area contributed by atoms with Crippen LogP contribution in [0.15, 0.2) is 48.7 Å². The van der Waals surface area contributed by atoms with E-state index >= 15 is 0 Å². The summed E-state index contributed by atoms with van der Waals surface area (Å²) in [7, 11) is 0. The van der Waals surface area contributed by atoms with Crippen molar-refractivity contribution in [3.8, 4) is 11.5 Å². The number of halogens is 3. The Kier molecular flexibility index (Phi) is 6.13. The van der Waals surface area contributed by atoms with E-state index in [2.05, 4.69) is 20.5 Å². The van der Waals surface area contributed by atoms with Crippen LogP contribution in [0.4, 0.5) is 13.2 Å². The van der Waals surface area contributed by atoms with Crippen molar-refractivity contribution in [1.82, 2.24) is 29.8 Å². The zero-order chi connectivity index (χ0) is 25.6. The molecule has 3 N–H and O–H groups in total. The van der Waals surface area contributed by atoms with Crippen LogP contribution in [0.5, 0.6) is 0 Å². The number of carbonyl (C=O) groups excluding carboxylic acids is 1. The highest BCUT2D eigenvalue weighted by atomic mass is 19.4. The number of pyridine rings is 2. The first-order valence-electron chi connectivity index (χ1n) is 11.7. The second kappa shape index (κ2) is 9.14. The molecule has 4 aromatic rings. The Balaban J connectivity index is 1.55. The number of carbonyl (C=O) groups is 1. The Morgan fingerprint density at radius 1 is 1.14 bits per heavy atom. The third-order valence-corrected chi connectivity index (χ3v) is 6.28. The number of aromatic nitrogens is 4. The van der Waals surface area contributed by atoms with E-state index in [4.69, 9.17) is 5.73 Å². The molecule has 3 aromatic heterocycles. The normalized spacial score (nSPS) is 17.8. The summed E-state index contributed by atoms with van der Waals surface area (Å²) in [5.74, 6) is 0.0985. The average molecular weight is 498 g/mol. The molecule has 0 spiro atoms. The highest BCUT2D eigenvalue weighted by Gasteiger charge is 2.46. The Morgan fingerprint density at radius 3 is 2.61 bits per heavy atom. The van der Waals surface area contributed by atoms with Gasteiger partial charge in [0.1, 0.15) is 11.7 Å². The van der Waals surface area contributed by atoms with Crippen LogP contribution in [0.1, 0.15) is 42.2 Å². The summed E-state index contributed by atoms with van der Waals surface area (Å²) < 4.78 is 43.9. The molecule has 8 nitrogen and oxygen atoms in total. The summed E-state index contributed by atoms with van der Waals surface area (Å²) in [5.41, 5.74) is 7.83. The molecule has 4 heterocycles. The van der Waals surface area contributed by atoms with Crippen LogP contribution in [0.2, 0.25) is 0 Å².